The number of benzene rings is 1. The van der Waals surface area contributed by atoms with Gasteiger partial charge in [-0.3, -0.25) is 0 Å². The highest BCUT2D eigenvalue weighted by atomic mass is 35.5. The van der Waals surface area contributed by atoms with Crippen molar-refractivity contribution < 1.29 is 8.42 Å². The Morgan fingerprint density at radius 3 is 2.42 bits per heavy atom. The number of allylic oxidation sites excluding steroid dienone is 1. The van der Waals surface area contributed by atoms with Gasteiger partial charge in [-0.25, -0.2) is 8.42 Å². The maximum Gasteiger partial charge on any atom is 0.182 e. The van der Waals surface area contributed by atoms with Crippen LogP contribution in [0, 0.1) is 5.92 Å². The molecule has 0 aliphatic heterocycles. The number of rotatable bonds is 6. The minimum atomic E-state index is -3.27. The average Bonchev–Trinajstić information content (AvgIpc) is 2.34. The zero-order valence-electron chi connectivity index (χ0n) is 11.4. The number of halogens is 1. The van der Waals surface area contributed by atoms with E-state index in [2.05, 4.69) is 13.8 Å². The molecule has 108 valence electrons. The summed E-state index contributed by atoms with van der Waals surface area (Å²) in [5, 5.41) is 0. The molecule has 0 bridgehead atoms. The van der Waals surface area contributed by atoms with E-state index in [-0.39, 0.29) is 24.7 Å². The summed E-state index contributed by atoms with van der Waals surface area (Å²) in [7, 11) is -3.27. The molecule has 0 saturated carbocycles. The maximum atomic E-state index is 12.1. The molecule has 5 heteroatoms. The average molecular weight is 304 g/mol. The third kappa shape index (κ3) is 5.76. The molecule has 0 aliphatic carbocycles. The Labute approximate surface area is 122 Å². The van der Waals surface area contributed by atoms with Crippen molar-refractivity contribution in [1.29, 1.82) is 0 Å². The monoisotopic (exact) mass is 303 g/mol. The van der Waals surface area contributed by atoms with Crippen LogP contribution < -0.4 is 5.73 Å². The lowest BCUT2D eigenvalue weighted by atomic mass is 10.1. The fourth-order valence-corrected chi connectivity index (χ4v) is 3.03. The molecule has 3 nitrogen and oxygen atoms in total. The summed E-state index contributed by atoms with van der Waals surface area (Å²) in [5.41, 5.74) is 6.24. The topological polar surface area (TPSA) is 60.2 Å². The van der Waals surface area contributed by atoms with Crippen molar-refractivity contribution in [3.63, 3.8) is 0 Å². The lowest BCUT2D eigenvalue weighted by molar-refractivity contribution is 0.597. The first kappa shape index (κ1) is 18.2. The smallest absolute Gasteiger partial charge is 0.182 e. The molecule has 0 aliphatic rings. The van der Waals surface area contributed by atoms with Gasteiger partial charge in [-0.15, -0.1) is 12.4 Å². The van der Waals surface area contributed by atoms with Gasteiger partial charge in [-0.2, -0.15) is 0 Å². The summed E-state index contributed by atoms with van der Waals surface area (Å²) in [6.07, 6.45) is 4.55. The van der Waals surface area contributed by atoms with E-state index in [1.165, 1.54) is 0 Å². The second kappa shape index (κ2) is 8.35. The molecular weight excluding hydrogens is 282 g/mol. The van der Waals surface area contributed by atoms with Gasteiger partial charge in [0.1, 0.15) is 0 Å². The molecule has 1 aromatic rings. The van der Waals surface area contributed by atoms with E-state index in [0.717, 1.165) is 6.42 Å². The molecule has 0 unspecified atom stereocenters. The van der Waals surface area contributed by atoms with Crippen molar-refractivity contribution in [2.45, 2.75) is 31.7 Å². The van der Waals surface area contributed by atoms with Crippen molar-refractivity contribution >= 4 is 22.2 Å². The predicted octanol–water partition coefficient (Wildman–Crippen LogP) is 2.94. The second-order valence-corrected chi connectivity index (χ2v) is 6.70. The van der Waals surface area contributed by atoms with E-state index in [1.54, 1.807) is 30.3 Å². The van der Waals surface area contributed by atoms with Crippen LogP contribution in [0.1, 0.15) is 25.8 Å². The Morgan fingerprint density at radius 1 is 1.21 bits per heavy atom. The van der Waals surface area contributed by atoms with Gasteiger partial charge in [0.2, 0.25) is 0 Å². The van der Waals surface area contributed by atoms with Crippen LogP contribution in [-0.4, -0.2) is 14.2 Å². The zero-order chi connectivity index (χ0) is 13.6. The summed E-state index contributed by atoms with van der Waals surface area (Å²) in [6.45, 7) is 4.44. The van der Waals surface area contributed by atoms with Crippen LogP contribution >= 0.6 is 12.4 Å². The maximum absolute atomic E-state index is 12.1. The molecule has 0 heterocycles. The lowest BCUT2D eigenvalue weighted by Crippen LogP contribution is -2.10. The number of hydrogen-bond acceptors (Lipinski definition) is 3. The molecule has 2 N–H and O–H groups in total. The van der Waals surface area contributed by atoms with Gasteiger partial charge in [-0.1, -0.05) is 44.2 Å². The second-order valence-electron chi connectivity index (χ2n) is 4.69. The van der Waals surface area contributed by atoms with Crippen LogP contribution in [0.2, 0.25) is 0 Å². The summed E-state index contributed by atoms with van der Waals surface area (Å²) in [4.78, 5) is 0.349. The van der Waals surface area contributed by atoms with Gasteiger partial charge in [0.15, 0.2) is 9.84 Å². The number of hydrogen-bond donors (Lipinski definition) is 1. The normalized spacial score (nSPS) is 11.8. The van der Waals surface area contributed by atoms with Crippen LogP contribution in [0.5, 0.6) is 0 Å². The summed E-state index contributed by atoms with van der Waals surface area (Å²) in [6, 6.07) is 6.90. The van der Waals surface area contributed by atoms with E-state index < -0.39 is 9.84 Å². The molecule has 0 aromatic heterocycles. The standard InChI is InChI=1S/C14H21NO2S.ClH/c1-12(2)7-5-6-10-18(16,17)14-9-4-3-8-13(14)11-15;/h3-6,8-9,12H,7,10-11,15H2,1-2H3;1H. The van der Waals surface area contributed by atoms with E-state index in [4.69, 9.17) is 5.73 Å². The first-order valence-corrected chi connectivity index (χ1v) is 7.78. The molecule has 0 radical (unpaired) electrons. The fraction of sp³-hybridized carbons (Fsp3) is 0.429. The highest BCUT2D eigenvalue weighted by molar-refractivity contribution is 7.91. The van der Waals surface area contributed by atoms with Crippen LogP contribution in [0.15, 0.2) is 41.3 Å². The number of sulfone groups is 1. The first-order chi connectivity index (χ1) is 8.47. The zero-order valence-corrected chi connectivity index (χ0v) is 13.0. The Bertz CT molecular complexity index is 510. The van der Waals surface area contributed by atoms with E-state index in [1.807, 2.05) is 6.08 Å². The molecule has 19 heavy (non-hydrogen) atoms. The van der Waals surface area contributed by atoms with Crippen LogP contribution in [0.3, 0.4) is 0 Å². The van der Waals surface area contributed by atoms with Gasteiger partial charge in [-0.05, 0) is 24.0 Å². The minimum absolute atomic E-state index is 0. The van der Waals surface area contributed by atoms with Crippen molar-refractivity contribution in [2.24, 2.45) is 11.7 Å². The van der Waals surface area contributed by atoms with Gasteiger partial charge in [0.25, 0.3) is 0 Å². The molecular formula is C14H22ClNO2S. The largest absolute Gasteiger partial charge is 0.326 e. The third-order valence-electron chi connectivity index (χ3n) is 2.62. The molecule has 0 amide bonds. The van der Waals surface area contributed by atoms with E-state index in [9.17, 15) is 8.42 Å². The van der Waals surface area contributed by atoms with Gasteiger partial charge in [0.05, 0.1) is 10.6 Å². The fourth-order valence-electron chi connectivity index (χ4n) is 1.63. The Morgan fingerprint density at radius 2 is 1.84 bits per heavy atom. The van der Waals surface area contributed by atoms with E-state index >= 15 is 0 Å². The lowest BCUT2D eigenvalue weighted by Gasteiger charge is -2.07. The molecule has 1 rings (SSSR count). The summed E-state index contributed by atoms with van der Waals surface area (Å²) < 4.78 is 24.3. The highest BCUT2D eigenvalue weighted by Crippen LogP contribution is 2.16. The van der Waals surface area contributed by atoms with Crippen molar-refractivity contribution in [3.05, 3.63) is 42.0 Å². The molecule has 0 atom stereocenters. The third-order valence-corrected chi connectivity index (χ3v) is 4.32. The van der Waals surface area contributed by atoms with Crippen LogP contribution in [0.25, 0.3) is 0 Å². The molecule has 1 aromatic carbocycles. The van der Waals surface area contributed by atoms with Crippen LogP contribution in [0.4, 0.5) is 0 Å². The van der Waals surface area contributed by atoms with Gasteiger partial charge < -0.3 is 5.73 Å². The molecule has 0 spiro atoms. The highest BCUT2D eigenvalue weighted by Gasteiger charge is 2.15. The Balaban J connectivity index is 0.00000324. The summed E-state index contributed by atoms with van der Waals surface area (Å²) in [5.74, 6) is 0.580. The Hall–Kier alpha value is -0.840. The summed E-state index contributed by atoms with van der Waals surface area (Å²) >= 11 is 0. The SMILES string of the molecule is CC(C)CC=CCS(=O)(=O)c1ccccc1CN.Cl. The quantitative estimate of drug-likeness (QED) is 0.822. The minimum Gasteiger partial charge on any atom is -0.326 e. The molecule has 0 fully saturated rings. The van der Waals surface area contributed by atoms with E-state index in [0.29, 0.717) is 16.4 Å². The van der Waals surface area contributed by atoms with Crippen molar-refractivity contribution in [3.8, 4) is 0 Å². The number of nitrogens with two attached hydrogens (primary N) is 1. The van der Waals surface area contributed by atoms with Crippen molar-refractivity contribution in [2.75, 3.05) is 5.75 Å². The molecule has 0 saturated heterocycles. The van der Waals surface area contributed by atoms with Crippen molar-refractivity contribution in [1.82, 2.24) is 0 Å². The first-order valence-electron chi connectivity index (χ1n) is 6.13. The van der Waals surface area contributed by atoms with Gasteiger partial charge >= 0.3 is 0 Å². The predicted molar refractivity (Wildman–Crippen MR) is 82.2 cm³/mol. The Kier molecular flexibility index (Phi) is 7.99. The van der Waals surface area contributed by atoms with Crippen LogP contribution in [-0.2, 0) is 16.4 Å². The van der Waals surface area contributed by atoms with Gasteiger partial charge in [0, 0.05) is 6.54 Å².